The number of carbonyl (C=O) groups is 2. The number of amides is 1. The third kappa shape index (κ3) is 36.9. The molecule has 0 bridgehead atoms. The molecular formula is C61H107NO10. The van der Waals surface area contributed by atoms with E-state index in [1.165, 1.54) is 103 Å². The van der Waals surface area contributed by atoms with Crippen molar-refractivity contribution in [3.63, 3.8) is 0 Å². The highest BCUT2D eigenvalue weighted by Crippen LogP contribution is 2.26. The molecule has 1 aliphatic heterocycles. The molecule has 0 radical (unpaired) electrons. The molecule has 8 atom stereocenters. The Morgan fingerprint density at radius 2 is 0.958 bits per heavy atom. The van der Waals surface area contributed by atoms with Crippen LogP contribution in [0, 0.1) is 0 Å². The third-order valence-corrected chi connectivity index (χ3v) is 13.3. The van der Waals surface area contributed by atoms with Gasteiger partial charge in [0.2, 0.25) is 5.91 Å². The highest BCUT2D eigenvalue weighted by molar-refractivity contribution is 5.80. The van der Waals surface area contributed by atoms with Gasteiger partial charge in [-0.25, -0.2) is 0 Å². The number of allylic oxidation sites excluding steroid dienone is 11. The molecule has 416 valence electrons. The number of hydrogen-bond acceptors (Lipinski definition) is 10. The Labute approximate surface area is 439 Å². The molecule has 1 saturated heterocycles. The van der Waals surface area contributed by atoms with Crippen molar-refractivity contribution in [2.24, 2.45) is 0 Å². The molecule has 72 heavy (non-hydrogen) atoms. The summed E-state index contributed by atoms with van der Waals surface area (Å²) in [6.07, 6.45) is 50.9. The number of ether oxygens (including phenoxy) is 3. The molecule has 8 unspecified atom stereocenters. The second kappa shape index (κ2) is 49.0. The first-order valence-electron chi connectivity index (χ1n) is 29.2. The van der Waals surface area contributed by atoms with Gasteiger partial charge in [0.1, 0.15) is 24.4 Å². The van der Waals surface area contributed by atoms with Crippen molar-refractivity contribution in [3.8, 4) is 0 Å². The second-order valence-corrected chi connectivity index (χ2v) is 20.0. The van der Waals surface area contributed by atoms with Crippen LogP contribution >= 0.6 is 0 Å². The largest absolute Gasteiger partial charge is 0.454 e. The molecule has 11 nitrogen and oxygen atoms in total. The highest BCUT2D eigenvalue weighted by atomic mass is 16.7. The van der Waals surface area contributed by atoms with Gasteiger partial charge in [0.05, 0.1) is 25.4 Å². The fourth-order valence-electron chi connectivity index (χ4n) is 8.63. The number of aliphatic hydroxyl groups excluding tert-OH is 5. The minimum absolute atomic E-state index is 0.0969. The molecule has 0 saturated carbocycles. The lowest BCUT2D eigenvalue weighted by molar-refractivity contribution is -0.305. The Morgan fingerprint density at radius 1 is 0.542 bits per heavy atom. The van der Waals surface area contributed by atoms with Crippen LogP contribution in [0.1, 0.15) is 239 Å². The van der Waals surface area contributed by atoms with E-state index in [4.69, 9.17) is 14.2 Å². The summed E-state index contributed by atoms with van der Waals surface area (Å²) in [4.78, 5) is 26.4. The molecule has 1 rings (SSSR count). The first-order valence-corrected chi connectivity index (χ1v) is 29.2. The summed E-state index contributed by atoms with van der Waals surface area (Å²) >= 11 is 0. The van der Waals surface area contributed by atoms with Crippen LogP contribution in [0.25, 0.3) is 0 Å². The van der Waals surface area contributed by atoms with Gasteiger partial charge in [-0.1, -0.05) is 209 Å². The van der Waals surface area contributed by atoms with Crippen molar-refractivity contribution in [3.05, 3.63) is 72.9 Å². The lowest BCUT2D eigenvalue weighted by Gasteiger charge is -2.41. The van der Waals surface area contributed by atoms with E-state index in [9.17, 15) is 35.1 Å². The molecule has 11 heteroatoms. The zero-order chi connectivity index (χ0) is 52.5. The van der Waals surface area contributed by atoms with Gasteiger partial charge in [-0.05, 0) is 96.3 Å². The van der Waals surface area contributed by atoms with Crippen LogP contribution in [0.2, 0.25) is 0 Å². The number of unbranched alkanes of at least 4 members (excludes halogenated alkanes) is 24. The van der Waals surface area contributed by atoms with Crippen LogP contribution in [0.5, 0.6) is 0 Å². The summed E-state index contributed by atoms with van der Waals surface area (Å²) < 4.78 is 17.5. The normalized spacial score (nSPS) is 20.0. The van der Waals surface area contributed by atoms with Crippen LogP contribution < -0.4 is 5.32 Å². The fourth-order valence-corrected chi connectivity index (χ4v) is 8.63. The Kier molecular flexibility index (Phi) is 45.7. The third-order valence-electron chi connectivity index (χ3n) is 13.3. The van der Waals surface area contributed by atoms with E-state index in [0.717, 1.165) is 89.9 Å². The van der Waals surface area contributed by atoms with Gasteiger partial charge in [0.25, 0.3) is 0 Å². The van der Waals surface area contributed by atoms with E-state index in [2.05, 4.69) is 86.8 Å². The zero-order valence-corrected chi connectivity index (χ0v) is 45.8. The van der Waals surface area contributed by atoms with Crippen molar-refractivity contribution in [2.75, 3.05) is 13.2 Å². The van der Waals surface area contributed by atoms with Crippen LogP contribution in [-0.4, -0.2) is 99.6 Å². The van der Waals surface area contributed by atoms with Crippen molar-refractivity contribution in [2.45, 2.75) is 288 Å². The Bertz CT molecular complexity index is 1440. The molecule has 1 aliphatic rings. The maximum atomic E-state index is 13.4. The molecule has 0 spiro atoms. The summed E-state index contributed by atoms with van der Waals surface area (Å²) in [7, 11) is 0. The number of nitrogens with one attached hydrogen (secondary N) is 1. The fraction of sp³-hybridized carbons (Fsp3) is 0.770. The van der Waals surface area contributed by atoms with E-state index in [1.807, 2.05) is 6.08 Å². The van der Waals surface area contributed by atoms with Gasteiger partial charge >= 0.3 is 5.97 Å². The number of rotatable bonds is 48. The molecule has 0 aliphatic carbocycles. The van der Waals surface area contributed by atoms with Crippen molar-refractivity contribution in [1.82, 2.24) is 5.32 Å². The number of aliphatic hydroxyl groups is 5. The van der Waals surface area contributed by atoms with Crippen LogP contribution in [0.3, 0.4) is 0 Å². The number of hydrogen-bond donors (Lipinski definition) is 6. The van der Waals surface area contributed by atoms with Gasteiger partial charge in [-0.2, -0.15) is 0 Å². The minimum atomic E-state index is -1.63. The predicted octanol–water partition coefficient (Wildman–Crippen LogP) is 13.2. The van der Waals surface area contributed by atoms with E-state index in [1.54, 1.807) is 6.08 Å². The standard InChI is InChI=1S/C61H107NO10/c1-4-7-10-13-16-19-22-25-26-27-28-29-31-33-36-39-42-45-48-54(65)60(69)62-52(53(64)47-44-41-38-35-32-24-21-18-15-12-9-6-3)51-70-61-59(58(68)57(67)55(50-63)71-61)72-56(66)49-46-43-40-37-34-30-23-20-17-14-11-8-5-2/h16,19,25-26,28-30,33-34,36,44,47,52-55,57-59,61,63-65,67-68H,4-15,17-18,20-24,27,31-32,35,37-43,45-46,48-51H2,1-3H3,(H,62,69)/b19-16-,26-25-,29-28-,34-30-,36-33-,47-44+. The van der Waals surface area contributed by atoms with Gasteiger partial charge in [-0.15, -0.1) is 0 Å². The van der Waals surface area contributed by atoms with Crippen molar-refractivity contribution in [1.29, 1.82) is 0 Å². The van der Waals surface area contributed by atoms with E-state index >= 15 is 0 Å². The van der Waals surface area contributed by atoms with Crippen molar-refractivity contribution >= 4 is 11.9 Å². The topological polar surface area (TPSA) is 175 Å². The highest BCUT2D eigenvalue weighted by Gasteiger charge is 2.47. The second-order valence-electron chi connectivity index (χ2n) is 20.0. The van der Waals surface area contributed by atoms with Gasteiger partial charge < -0.3 is 45.1 Å². The van der Waals surface area contributed by atoms with E-state index in [-0.39, 0.29) is 19.4 Å². The van der Waals surface area contributed by atoms with Crippen molar-refractivity contribution < 1.29 is 49.3 Å². The molecular weight excluding hydrogens is 907 g/mol. The maximum absolute atomic E-state index is 13.4. The smallest absolute Gasteiger partial charge is 0.306 e. The molecule has 6 N–H and O–H groups in total. The quantitative estimate of drug-likeness (QED) is 0.0195. The molecule has 0 aromatic rings. The summed E-state index contributed by atoms with van der Waals surface area (Å²) in [5, 5.41) is 56.8. The Hall–Kier alpha value is -2.90. The monoisotopic (exact) mass is 1010 g/mol. The first kappa shape index (κ1) is 67.1. The SMILES string of the molecule is CCCCC/C=C\C/C=C\C/C=C\C/C=C\CCCCC(O)C(=O)NC(COC1OC(CO)C(O)C(O)C1OC(=O)CCCCC/C=C\CCCCCCCC)C(O)/C=C/CCCCCCCCCCCC. The lowest BCUT2D eigenvalue weighted by Crippen LogP contribution is -2.61. The van der Waals surface area contributed by atoms with Crippen LogP contribution in [0.15, 0.2) is 72.9 Å². The number of esters is 1. The molecule has 1 heterocycles. The van der Waals surface area contributed by atoms with Crippen LogP contribution in [0.4, 0.5) is 0 Å². The maximum Gasteiger partial charge on any atom is 0.306 e. The first-order chi connectivity index (χ1) is 35.2. The Balaban J connectivity index is 2.77. The van der Waals surface area contributed by atoms with E-state index in [0.29, 0.717) is 12.8 Å². The summed E-state index contributed by atoms with van der Waals surface area (Å²) in [5.74, 6) is -1.25. The van der Waals surface area contributed by atoms with E-state index < -0.39 is 67.4 Å². The molecule has 0 aromatic carbocycles. The van der Waals surface area contributed by atoms with Gasteiger partial charge in [0, 0.05) is 6.42 Å². The summed E-state index contributed by atoms with van der Waals surface area (Å²) in [6, 6.07) is -1.05. The lowest BCUT2D eigenvalue weighted by atomic mass is 9.99. The average molecular weight is 1010 g/mol. The Morgan fingerprint density at radius 3 is 1.47 bits per heavy atom. The molecule has 1 amide bonds. The molecule has 1 fully saturated rings. The predicted molar refractivity (Wildman–Crippen MR) is 296 cm³/mol. The van der Waals surface area contributed by atoms with Crippen LogP contribution in [-0.2, 0) is 23.8 Å². The number of carbonyl (C=O) groups excluding carboxylic acids is 2. The molecule has 0 aromatic heterocycles. The zero-order valence-electron chi connectivity index (χ0n) is 45.8. The minimum Gasteiger partial charge on any atom is -0.454 e. The van der Waals surface area contributed by atoms with Gasteiger partial charge in [-0.3, -0.25) is 9.59 Å². The summed E-state index contributed by atoms with van der Waals surface area (Å²) in [6.45, 7) is 5.70. The van der Waals surface area contributed by atoms with Gasteiger partial charge in [0.15, 0.2) is 12.4 Å². The average Bonchev–Trinajstić information content (AvgIpc) is 3.38. The summed E-state index contributed by atoms with van der Waals surface area (Å²) in [5.41, 5.74) is 0.